The van der Waals surface area contributed by atoms with E-state index in [-0.39, 0.29) is 5.56 Å². The molecule has 3 N–H and O–H groups in total. The number of halogens is 2. The summed E-state index contributed by atoms with van der Waals surface area (Å²) < 4.78 is 30.8. The third kappa shape index (κ3) is 3.66. The molecule has 18 heavy (non-hydrogen) atoms. The molecule has 100 valence electrons. The van der Waals surface area contributed by atoms with Crippen LogP contribution in [0.25, 0.3) is 0 Å². The molecule has 1 amide bonds. The molecule has 0 spiro atoms. The van der Waals surface area contributed by atoms with Gasteiger partial charge in [-0.05, 0) is 19.1 Å². The molecule has 0 saturated heterocycles. The van der Waals surface area contributed by atoms with Gasteiger partial charge in [-0.15, -0.1) is 0 Å². The number of hydrogen-bond donors (Lipinski definition) is 2. The van der Waals surface area contributed by atoms with Crippen LogP contribution in [0.15, 0.2) is 18.2 Å². The highest BCUT2D eigenvalue weighted by molar-refractivity contribution is 5.97. The topological polar surface area (TPSA) is 64.3 Å². The lowest BCUT2D eigenvalue weighted by molar-refractivity contribution is 0.0118. The summed E-state index contributed by atoms with van der Waals surface area (Å²) in [6.45, 7) is 0.197. The maximum atomic E-state index is 12.9. The SMILES string of the molecule is COc1ccc(C)cc1C(=O)NCC(F)(F)CN. The number of methoxy groups -OCH3 is 1. The number of amides is 1. The van der Waals surface area contributed by atoms with Crippen LogP contribution < -0.4 is 15.8 Å². The molecule has 0 bridgehead atoms. The highest BCUT2D eigenvalue weighted by Gasteiger charge is 2.27. The third-order valence-corrected chi connectivity index (χ3v) is 2.41. The van der Waals surface area contributed by atoms with Gasteiger partial charge in [0.1, 0.15) is 5.75 Å². The van der Waals surface area contributed by atoms with Gasteiger partial charge in [0.15, 0.2) is 0 Å². The zero-order valence-corrected chi connectivity index (χ0v) is 10.3. The van der Waals surface area contributed by atoms with Gasteiger partial charge in [-0.3, -0.25) is 4.79 Å². The van der Waals surface area contributed by atoms with Gasteiger partial charge < -0.3 is 15.8 Å². The molecule has 1 rings (SSSR count). The molecule has 0 aliphatic carbocycles. The lowest BCUT2D eigenvalue weighted by Crippen LogP contribution is -2.41. The largest absolute Gasteiger partial charge is 0.496 e. The van der Waals surface area contributed by atoms with Gasteiger partial charge in [-0.1, -0.05) is 11.6 Å². The van der Waals surface area contributed by atoms with Gasteiger partial charge in [-0.2, -0.15) is 0 Å². The van der Waals surface area contributed by atoms with E-state index in [4.69, 9.17) is 10.5 Å². The molecule has 0 atom stereocenters. The average Bonchev–Trinajstić information content (AvgIpc) is 2.36. The first-order chi connectivity index (χ1) is 8.39. The van der Waals surface area contributed by atoms with Gasteiger partial charge in [0.05, 0.1) is 25.8 Å². The van der Waals surface area contributed by atoms with Crippen LogP contribution in [-0.2, 0) is 0 Å². The molecule has 0 unspecified atom stereocenters. The molecule has 1 aromatic rings. The van der Waals surface area contributed by atoms with Crippen LogP contribution >= 0.6 is 0 Å². The molecule has 0 aliphatic heterocycles. The fourth-order valence-corrected chi connectivity index (χ4v) is 1.38. The zero-order chi connectivity index (χ0) is 13.8. The molecule has 0 fully saturated rings. The predicted molar refractivity (Wildman–Crippen MR) is 64.1 cm³/mol. The van der Waals surface area contributed by atoms with E-state index in [2.05, 4.69) is 5.32 Å². The predicted octanol–water partition coefficient (Wildman–Crippen LogP) is 1.33. The number of aryl methyl sites for hydroxylation is 1. The minimum atomic E-state index is -3.10. The van der Waals surface area contributed by atoms with Crippen LogP contribution in [0.2, 0.25) is 0 Å². The first kappa shape index (κ1) is 14.4. The molecular weight excluding hydrogens is 242 g/mol. The van der Waals surface area contributed by atoms with Crippen molar-refractivity contribution < 1.29 is 18.3 Å². The molecule has 0 saturated carbocycles. The summed E-state index contributed by atoms with van der Waals surface area (Å²) in [5.41, 5.74) is 5.95. The maximum Gasteiger partial charge on any atom is 0.277 e. The van der Waals surface area contributed by atoms with Crippen molar-refractivity contribution in [2.75, 3.05) is 20.2 Å². The normalized spacial score (nSPS) is 11.2. The van der Waals surface area contributed by atoms with Crippen LogP contribution in [0.1, 0.15) is 15.9 Å². The number of nitrogens with two attached hydrogens (primary N) is 1. The lowest BCUT2D eigenvalue weighted by atomic mass is 10.1. The van der Waals surface area contributed by atoms with E-state index < -0.39 is 24.9 Å². The number of alkyl halides is 2. The highest BCUT2D eigenvalue weighted by Crippen LogP contribution is 2.19. The van der Waals surface area contributed by atoms with Gasteiger partial charge in [0.2, 0.25) is 0 Å². The summed E-state index contributed by atoms with van der Waals surface area (Å²) in [6.07, 6.45) is 0. The molecule has 4 nitrogen and oxygen atoms in total. The number of carbonyl (C=O) groups is 1. The molecule has 0 radical (unpaired) electrons. The number of nitrogens with one attached hydrogen (secondary N) is 1. The summed E-state index contributed by atoms with van der Waals surface area (Å²) in [4.78, 5) is 11.8. The van der Waals surface area contributed by atoms with E-state index in [1.54, 1.807) is 25.1 Å². The van der Waals surface area contributed by atoms with E-state index in [0.717, 1.165) is 5.56 Å². The van der Waals surface area contributed by atoms with Gasteiger partial charge in [0.25, 0.3) is 11.8 Å². The lowest BCUT2D eigenvalue weighted by Gasteiger charge is -2.15. The first-order valence-corrected chi connectivity index (χ1v) is 5.40. The molecular formula is C12H16F2N2O2. The maximum absolute atomic E-state index is 12.9. The molecule has 0 aliphatic rings. The highest BCUT2D eigenvalue weighted by atomic mass is 19.3. The summed E-state index contributed by atoms with van der Waals surface area (Å²) in [6, 6.07) is 4.96. The Morgan fingerprint density at radius 3 is 2.72 bits per heavy atom. The minimum Gasteiger partial charge on any atom is -0.496 e. The first-order valence-electron chi connectivity index (χ1n) is 5.40. The second-order valence-electron chi connectivity index (χ2n) is 3.95. The van der Waals surface area contributed by atoms with Crippen LogP contribution in [0, 0.1) is 6.92 Å². The van der Waals surface area contributed by atoms with Crippen molar-refractivity contribution in [3.63, 3.8) is 0 Å². The van der Waals surface area contributed by atoms with Crippen LogP contribution in [0.4, 0.5) is 8.78 Å². The second-order valence-corrected chi connectivity index (χ2v) is 3.95. The van der Waals surface area contributed by atoms with Crippen LogP contribution in [0.5, 0.6) is 5.75 Å². The van der Waals surface area contributed by atoms with Crippen molar-refractivity contribution in [3.05, 3.63) is 29.3 Å². The number of ether oxygens (including phenoxy) is 1. The Balaban J connectivity index is 2.81. The number of benzene rings is 1. The molecule has 0 aromatic heterocycles. The fourth-order valence-electron chi connectivity index (χ4n) is 1.38. The summed E-state index contributed by atoms with van der Waals surface area (Å²) in [5, 5.41) is 2.14. The van der Waals surface area contributed by atoms with Crippen LogP contribution in [-0.4, -0.2) is 32.0 Å². The Bertz CT molecular complexity index is 436. The van der Waals surface area contributed by atoms with Crippen LogP contribution in [0.3, 0.4) is 0 Å². The van der Waals surface area contributed by atoms with E-state index in [1.165, 1.54) is 7.11 Å². The number of rotatable bonds is 5. The van der Waals surface area contributed by atoms with E-state index in [9.17, 15) is 13.6 Å². The summed E-state index contributed by atoms with van der Waals surface area (Å²) in [5.74, 6) is -3.37. The van der Waals surface area contributed by atoms with Crippen molar-refractivity contribution in [3.8, 4) is 5.75 Å². The molecule has 1 aromatic carbocycles. The second kappa shape index (κ2) is 5.77. The average molecular weight is 258 g/mol. The Hall–Kier alpha value is -1.69. The van der Waals surface area contributed by atoms with E-state index in [1.807, 2.05) is 0 Å². The van der Waals surface area contributed by atoms with Gasteiger partial charge in [-0.25, -0.2) is 8.78 Å². The zero-order valence-electron chi connectivity index (χ0n) is 10.3. The van der Waals surface area contributed by atoms with E-state index in [0.29, 0.717) is 5.75 Å². The number of hydrogen-bond acceptors (Lipinski definition) is 3. The smallest absolute Gasteiger partial charge is 0.277 e. The Morgan fingerprint density at radius 2 is 2.17 bits per heavy atom. The van der Waals surface area contributed by atoms with Crippen molar-refractivity contribution in [1.82, 2.24) is 5.32 Å². The van der Waals surface area contributed by atoms with Crippen molar-refractivity contribution >= 4 is 5.91 Å². The van der Waals surface area contributed by atoms with Crippen molar-refractivity contribution in [1.29, 1.82) is 0 Å². The minimum absolute atomic E-state index is 0.227. The van der Waals surface area contributed by atoms with Crippen molar-refractivity contribution in [2.24, 2.45) is 5.73 Å². The molecule has 0 heterocycles. The quantitative estimate of drug-likeness (QED) is 0.837. The van der Waals surface area contributed by atoms with Gasteiger partial charge >= 0.3 is 0 Å². The standard InChI is InChI=1S/C12H16F2N2O2/c1-8-3-4-10(18-2)9(5-8)11(17)16-7-12(13,14)6-15/h3-5H,6-7,15H2,1-2H3,(H,16,17). The Morgan fingerprint density at radius 1 is 1.50 bits per heavy atom. The Labute approximate surface area is 104 Å². The number of carbonyl (C=O) groups excluding carboxylic acids is 1. The third-order valence-electron chi connectivity index (χ3n) is 2.41. The van der Waals surface area contributed by atoms with Gasteiger partial charge in [0, 0.05) is 0 Å². The summed E-state index contributed by atoms with van der Waals surface area (Å²) >= 11 is 0. The van der Waals surface area contributed by atoms with E-state index >= 15 is 0 Å². The summed E-state index contributed by atoms with van der Waals surface area (Å²) in [7, 11) is 1.41. The van der Waals surface area contributed by atoms with Crippen molar-refractivity contribution in [2.45, 2.75) is 12.8 Å². The molecule has 6 heteroatoms. The fraction of sp³-hybridized carbons (Fsp3) is 0.417. The Kier molecular flexibility index (Phi) is 4.61. The monoisotopic (exact) mass is 258 g/mol.